The van der Waals surface area contributed by atoms with Crippen LogP contribution in [0.3, 0.4) is 0 Å². The van der Waals surface area contributed by atoms with Gasteiger partial charge in [0.2, 0.25) is 0 Å². The molecule has 0 spiro atoms. The van der Waals surface area contributed by atoms with Gasteiger partial charge in [-0.25, -0.2) is 12.8 Å². The number of hydrogen-bond donors (Lipinski definition) is 1. The maximum Gasteiger partial charge on any atom is 0.151 e. The largest absolute Gasteiger partial charge is 0.330 e. The summed E-state index contributed by atoms with van der Waals surface area (Å²) in [5, 5.41) is -0.445. The van der Waals surface area contributed by atoms with Crippen LogP contribution >= 0.6 is 0 Å². The molecular weight excluding hydrogens is 229 g/mol. The van der Waals surface area contributed by atoms with Gasteiger partial charge < -0.3 is 5.73 Å². The second-order valence-corrected chi connectivity index (χ2v) is 6.48. The highest BCUT2D eigenvalue weighted by Gasteiger charge is 2.56. The third kappa shape index (κ3) is 1.97. The molecule has 1 aromatic rings. The fourth-order valence-corrected chi connectivity index (χ4v) is 4.07. The Bertz CT molecular complexity index is 500. The predicted octanol–water partition coefficient (Wildman–Crippen LogP) is 0.911. The van der Waals surface area contributed by atoms with Crippen molar-refractivity contribution in [2.75, 3.05) is 12.8 Å². The van der Waals surface area contributed by atoms with Gasteiger partial charge in [0.15, 0.2) is 9.84 Å². The summed E-state index contributed by atoms with van der Waals surface area (Å²) in [6.07, 6.45) is 1.21. The Labute approximate surface area is 94.4 Å². The van der Waals surface area contributed by atoms with E-state index < -0.39 is 15.1 Å². The van der Waals surface area contributed by atoms with Gasteiger partial charge in [-0.1, -0.05) is 12.1 Å². The fourth-order valence-electron chi connectivity index (χ4n) is 2.36. The molecule has 0 heterocycles. The lowest BCUT2D eigenvalue weighted by Crippen LogP contribution is -2.11. The smallest absolute Gasteiger partial charge is 0.151 e. The lowest BCUT2D eigenvalue weighted by Gasteiger charge is -1.99. The quantitative estimate of drug-likeness (QED) is 0.858. The molecule has 5 heteroatoms. The van der Waals surface area contributed by atoms with Gasteiger partial charge in [0.25, 0.3) is 0 Å². The average molecular weight is 243 g/mol. The summed E-state index contributed by atoms with van der Waals surface area (Å²) in [4.78, 5) is 0. The topological polar surface area (TPSA) is 60.2 Å². The minimum atomic E-state index is -3.10. The molecule has 1 aliphatic rings. The van der Waals surface area contributed by atoms with Crippen LogP contribution in [-0.4, -0.2) is 26.5 Å². The average Bonchev–Trinajstić information content (AvgIpc) is 2.91. The van der Waals surface area contributed by atoms with Crippen molar-refractivity contribution in [3.05, 3.63) is 35.6 Å². The molecule has 88 valence electrons. The third-order valence-electron chi connectivity index (χ3n) is 3.10. The Balaban J connectivity index is 2.30. The van der Waals surface area contributed by atoms with Crippen molar-refractivity contribution in [3.8, 4) is 0 Å². The van der Waals surface area contributed by atoms with E-state index in [1.807, 2.05) is 0 Å². The molecule has 2 rings (SSSR count). The fraction of sp³-hybridized carbons (Fsp3) is 0.455. The van der Waals surface area contributed by atoms with Crippen LogP contribution in [-0.2, 0) is 9.84 Å². The highest BCUT2D eigenvalue weighted by atomic mass is 32.2. The lowest BCUT2D eigenvalue weighted by atomic mass is 10.1. The molecular formula is C11H14FNO2S. The molecule has 0 radical (unpaired) electrons. The highest BCUT2D eigenvalue weighted by Crippen LogP contribution is 2.51. The molecule has 0 bridgehead atoms. The van der Waals surface area contributed by atoms with Crippen LogP contribution in [0.4, 0.5) is 4.39 Å². The van der Waals surface area contributed by atoms with E-state index in [9.17, 15) is 12.8 Å². The molecule has 0 amide bonds. The van der Waals surface area contributed by atoms with E-state index in [4.69, 9.17) is 5.73 Å². The summed E-state index contributed by atoms with van der Waals surface area (Å²) in [6.45, 7) is 0.318. The van der Waals surface area contributed by atoms with Crippen LogP contribution in [0.25, 0.3) is 0 Å². The normalized spacial score (nSPS) is 29.1. The van der Waals surface area contributed by atoms with Crippen molar-refractivity contribution in [2.45, 2.75) is 11.2 Å². The molecule has 0 aromatic heterocycles. The molecule has 0 saturated heterocycles. The van der Waals surface area contributed by atoms with Crippen LogP contribution in [0.2, 0.25) is 0 Å². The van der Waals surface area contributed by atoms with Crippen molar-refractivity contribution in [3.63, 3.8) is 0 Å². The summed E-state index contributed by atoms with van der Waals surface area (Å²) in [7, 11) is -3.10. The third-order valence-corrected chi connectivity index (χ3v) is 4.73. The second-order valence-electron chi connectivity index (χ2n) is 4.27. The Hall–Kier alpha value is -0.940. The summed E-state index contributed by atoms with van der Waals surface area (Å²) in [5.41, 5.74) is 6.26. The van der Waals surface area contributed by atoms with Crippen molar-refractivity contribution in [2.24, 2.45) is 11.7 Å². The maximum atomic E-state index is 13.0. The zero-order chi connectivity index (χ0) is 11.9. The zero-order valence-corrected chi connectivity index (χ0v) is 9.75. The Kier molecular flexibility index (Phi) is 2.75. The van der Waals surface area contributed by atoms with Crippen molar-refractivity contribution >= 4 is 9.84 Å². The van der Waals surface area contributed by atoms with Crippen LogP contribution in [0, 0.1) is 11.7 Å². The second kappa shape index (κ2) is 3.82. The minimum Gasteiger partial charge on any atom is -0.330 e. The van der Waals surface area contributed by atoms with Crippen LogP contribution in [0.1, 0.15) is 11.5 Å². The molecule has 1 saturated carbocycles. The first-order valence-electron chi connectivity index (χ1n) is 5.09. The number of hydrogen-bond acceptors (Lipinski definition) is 3. The molecule has 1 aliphatic carbocycles. The number of benzene rings is 1. The van der Waals surface area contributed by atoms with Gasteiger partial charge in [-0.3, -0.25) is 0 Å². The van der Waals surface area contributed by atoms with Gasteiger partial charge in [-0.15, -0.1) is 0 Å². The number of halogens is 1. The van der Waals surface area contributed by atoms with Gasteiger partial charge in [-0.2, -0.15) is 0 Å². The Morgan fingerprint density at radius 1 is 1.44 bits per heavy atom. The highest BCUT2D eigenvalue weighted by molar-refractivity contribution is 7.91. The first-order chi connectivity index (χ1) is 7.45. The van der Waals surface area contributed by atoms with E-state index in [1.165, 1.54) is 18.4 Å². The van der Waals surface area contributed by atoms with Crippen LogP contribution in [0.5, 0.6) is 0 Å². The van der Waals surface area contributed by atoms with Gasteiger partial charge >= 0.3 is 0 Å². The van der Waals surface area contributed by atoms with Gasteiger partial charge in [0, 0.05) is 12.2 Å². The molecule has 0 unspecified atom stereocenters. The molecule has 16 heavy (non-hydrogen) atoms. The molecule has 0 aliphatic heterocycles. The summed E-state index contributed by atoms with van der Waals surface area (Å²) >= 11 is 0. The van der Waals surface area contributed by atoms with Crippen molar-refractivity contribution in [1.82, 2.24) is 0 Å². The van der Waals surface area contributed by atoms with Crippen LogP contribution in [0.15, 0.2) is 24.3 Å². The minimum absolute atomic E-state index is 0.0724. The van der Waals surface area contributed by atoms with E-state index in [1.54, 1.807) is 12.1 Å². The standard InChI is InChI=1S/C11H14FNO2S/c1-16(14,15)11-9(6-13)10(11)7-3-2-4-8(12)5-7/h2-5,9-11H,6,13H2,1H3/t9-,10-,11-/m1/s1. The summed E-state index contributed by atoms with van der Waals surface area (Å²) < 4.78 is 36.0. The lowest BCUT2D eigenvalue weighted by molar-refractivity contribution is 0.597. The van der Waals surface area contributed by atoms with Gasteiger partial charge in [0.05, 0.1) is 5.25 Å². The number of sulfone groups is 1. The van der Waals surface area contributed by atoms with Crippen molar-refractivity contribution in [1.29, 1.82) is 0 Å². The van der Waals surface area contributed by atoms with Crippen LogP contribution < -0.4 is 5.73 Å². The first kappa shape index (κ1) is 11.5. The predicted molar refractivity (Wildman–Crippen MR) is 60.3 cm³/mol. The van der Waals surface area contributed by atoms with Gasteiger partial charge in [0.1, 0.15) is 5.82 Å². The molecule has 2 N–H and O–H groups in total. The maximum absolute atomic E-state index is 13.0. The molecule has 1 fully saturated rings. The monoisotopic (exact) mass is 243 g/mol. The zero-order valence-electron chi connectivity index (χ0n) is 8.93. The van der Waals surface area contributed by atoms with E-state index >= 15 is 0 Å². The molecule has 3 atom stereocenters. The Morgan fingerprint density at radius 3 is 2.56 bits per heavy atom. The molecule has 1 aromatic carbocycles. The van der Waals surface area contributed by atoms with E-state index in [0.29, 0.717) is 6.54 Å². The first-order valence-corrected chi connectivity index (χ1v) is 7.05. The number of rotatable bonds is 3. The van der Waals surface area contributed by atoms with E-state index in [-0.39, 0.29) is 17.7 Å². The van der Waals surface area contributed by atoms with E-state index in [2.05, 4.69) is 0 Å². The van der Waals surface area contributed by atoms with E-state index in [0.717, 1.165) is 5.56 Å². The van der Waals surface area contributed by atoms with Gasteiger partial charge in [-0.05, 0) is 30.2 Å². The SMILES string of the molecule is CS(=O)(=O)[C@@H]1[C@H](CN)[C@H]1c1cccc(F)c1. The number of nitrogens with two attached hydrogens (primary N) is 1. The van der Waals surface area contributed by atoms with Crippen molar-refractivity contribution < 1.29 is 12.8 Å². The molecule has 3 nitrogen and oxygen atoms in total. The summed E-state index contributed by atoms with van der Waals surface area (Å²) in [5.74, 6) is -0.556. The Morgan fingerprint density at radius 2 is 2.12 bits per heavy atom. The summed E-state index contributed by atoms with van der Waals surface area (Å²) in [6, 6.07) is 6.08.